The van der Waals surface area contributed by atoms with Crippen molar-refractivity contribution in [2.75, 3.05) is 39.8 Å². The maximum Gasteiger partial charge on any atom is 0.317 e. The summed E-state index contributed by atoms with van der Waals surface area (Å²) in [5.41, 5.74) is 1.18. The molecule has 1 aromatic carbocycles. The molecule has 1 aliphatic heterocycles. The number of hydrogen-bond donors (Lipinski definition) is 1. The highest BCUT2D eigenvalue weighted by Gasteiger charge is 2.22. The number of nitrogens with one attached hydrogen (secondary N) is 1. The second-order valence-corrected chi connectivity index (χ2v) is 6.62. The average molecular weight is 357 g/mol. The van der Waals surface area contributed by atoms with Crippen LogP contribution in [0.4, 0.5) is 4.79 Å². The quantitative estimate of drug-likeness (QED) is 0.859. The molecule has 2 heterocycles. The second-order valence-electron chi connectivity index (χ2n) is 6.62. The van der Waals surface area contributed by atoms with Gasteiger partial charge in [0.1, 0.15) is 5.75 Å². The van der Waals surface area contributed by atoms with Crippen LogP contribution in [0.3, 0.4) is 0 Å². The molecule has 7 heteroatoms. The van der Waals surface area contributed by atoms with Crippen LogP contribution in [0.1, 0.15) is 18.5 Å². The summed E-state index contributed by atoms with van der Waals surface area (Å²) in [6.45, 7) is 6.70. The lowest BCUT2D eigenvalue weighted by Gasteiger charge is -2.35. The van der Waals surface area contributed by atoms with Crippen LogP contribution in [0.5, 0.6) is 5.75 Å². The Labute approximate surface area is 154 Å². The van der Waals surface area contributed by atoms with Gasteiger partial charge < -0.3 is 19.5 Å². The molecule has 1 atom stereocenters. The lowest BCUT2D eigenvalue weighted by Crippen LogP contribution is -2.52. The van der Waals surface area contributed by atoms with Gasteiger partial charge in [-0.3, -0.25) is 4.90 Å². The van der Waals surface area contributed by atoms with Crippen LogP contribution in [0.25, 0.3) is 0 Å². The third-order valence-electron chi connectivity index (χ3n) is 4.83. The molecule has 2 amide bonds. The van der Waals surface area contributed by atoms with Crippen LogP contribution in [0.2, 0.25) is 0 Å². The number of ether oxygens (including phenoxy) is 1. The zero-order valence-corrected chi connectivity index (χ0v) is 15.5. The van der Waals surface area contributed by atoms with Crippen molar-refractivity contribution in [2.45, 2.75) is 19.5 Å². The lowest BCUT2D eigenvalue weighted by atomic mass is 10.1. The molecule has 0 radical (unpaired) electrons. The Morgan fingerprint density at radius 1 is 1.27 bits per heavy atom. The predicted octanol–water partition coefficient (Wildman–Crippen LogP) is 1.98. The van der Waals surface area contributed by atoms with Gasteiger partial charge in [-0.05, 0) is 13.0 Å². The van der Waals surface area contributed by atoms with E-state index in [0.29, 0.717) is 6.54 Å². The standard InChI is InChI=1S/C19H27N5O2/c1-16(24-8-7-20-15-24)13-21-19(25)23-11-9-22(10-12-23)14-17-5-3-4-6-18(17)26-2/h3-8,15-16H,9-14H2,1-2H3,(H,21,25)/t16-/m0/s1. The van der Waals surface area contributed by atoms with Crippen molar-refractivity contribution in [2.24, 2.45) is 0 Å². The first-order valence-electron chi connectivity index (χ1n) is 9.02. The van der Waals surface area contributed by atoms with Crippen LogP contribution in [0, 0.1) is 0 Å². The third-order valence-corrected chi connectivity index (χ3v) is 4.83. The molecule has 1 aromatic heterocycles. The largest absolute Gasteiger partial charge is 0.496 e. The topological polar surface area (TPSA) is 62.6 Å². The fourth-order valence-electron chi connectivity index (χ4n) is 3.17. The summed E-state index contributed by atoms with van der Waals surface area (Å²) in [7, 11) is 1.70. The SMILES string of the molecule is COc1ccccc1CN1CCN(C(=O)NC[C@H](C)n2ccnc2)CC1. The van der Waals surface area contributed by atoms with Crippen molar-refractivity contribution in [3.05, 3.63) is 48.5 Å². The van der Waals surface area contributed by atoms with Gasteiger partial charge in [0.05, 0.1) is 13.4 Å². The summed E-state index contributed by atoms with van der Waals surface area (Å²) >= 11 is 0. The summed E-state index contributed by atoms with van der Waals surface area (Å²) in [5, 5.41) is 3.02. The Balaban J connectivity index is 1.43. The van der Waals surface area contributed by atoms with Gasteiger partial charge in [-0.15, -0.1) is 0 Å². The van der Waals surface area contributed by atoms with Crippen molar-refractivity contribution < 1.29 is 9.53 Å². The molecule has 0 aliphatic carbocycles. The number of para-hydroxylation sites is 1. The number of hydrogen-bond acceptors (Lipinski definition) is 4. The molecule has 3 rings (SSSR count). The van der Waals surface area contributed by atoms with E-state index >= 15 is 0 Å². The van der Waals surface area contributed by atoms with E-state index in [1.165, 1.54) is 5.56 Å². The van der Waals surface area contributed by atoms with Gasteiger partial charge >= 0.3 is 6.03 Å². The zero-order valence-electron chi connectivity index (χ0n) is 15.5. The molecule has 7 nitrogen and oxygen atoms in total. The van der Waals surface area contributed by atoms with Gasteiger partial charge in [0.15, 0.2) is 0 Å². The number of methoxy groups -OCH3 is 1. The van der Waals surface area contributed by atoms with Crippen LogP contribution in [-0.4, -0.2) is 65.2 Å². The van der Waals surface area contributed by atoms with Crippen molar-refractivity contribution >= 4 is 6.03 Å². The van der Waals surface area contributed by atoms with Crippen molar-refractivity contribution in [3.8, 4) is 5.75 Å². The maximum atomic E-state index is 12.4. The molecule has 2 aromatic rings. The number of piperazine rings is 1. The van der Waals surface area contributed by atoms with E-state index in [9.17, 15) is 4.79 Å². The molecule has 0 unspecified atom stereocenters. The molecule has 1 N–H and O–H groups in total. The smallest absolute Gasteiger partial charge is 0.317 e. The minimum atomic E-state index is 0.00825. The molecular weight excluding hydrogens is 330 g/mol. The Kier molecular flexibility index (Phi) is 6.12. The van der Waals surface area contributed by atoms with Crippen LogP contribution in [0.15, 0.2) is 43.0 Å². The fourth-order valence-corrected chi connectivity index (χ4v) is 3.17. The summed E-state index contributed by atoms with van der Waals surface area (Å²) in [6.07, 6.45) is 5.43. The number of nitrogens with zero attached hydrogens (tertiary/aromatic N) is 4. The molecule has 1 aliphatic rings. The first-order chi connectivity index (χ1) is 12.7. The Morgan fingerprint density at radius 3 is 2.73 bits per heavy atom. The minimum Gasteiger partial charge on any atom is -0.496 e. The Morgan fingerprint density at radius 2 is 2.04 bits per heavy atom. The summed E-state index contributed by atoms with van der Waals surface area (Å²) in [4.78, 5) is 20.7. The van der Waals surface area contributed by atoms with Crippen molar-refractivity contribution in [1.29, 1.82) is 0 Å². The number of amides is 2. The number of carbonyl (C=O) groups is 1. The van der Waals surface area contributed by atoms with Crippen LogP contribution in [-0.2, 0) is 6.54 Å². The van der Waals surface area contributed by atoms with Gasteiger partial charge in [0.2, 0.25) is 0 Å². The molecule has 0 bridgehead atoms. The summed E-state index contributed by atoms with van der Waals surface area (Å²) in [5.74, 6) is 0.918. The number of aromatic nitrogens is 2. The van der Waals surface area contributed by atoms with Gasteiger partial charge in [0, 0.05) is 63.3 Å². The van der Waals surface area contributed by atoms with Gasteiger partial charge in [-0.25, -0.2) is 9.78 Å². The van der Waals surface area contributed by atoms with E-state index in [4.69, 9.17) is 4.74 Å². The number of rotatable bonds is 6. The highest BCUT2D eigenvalue weighted by atomic mass is 16.5. The maximum absolute atomic E-state index is 12.4. The Hall–Kier alpha value is -2.54. The fraction of sp³-hybridized carbons (Fsp3) is 0.474. The average Bonchev–Trinajstić information content (AvgIpc) is 3.22. The normalized spacial score (nSPS) is 16.3. The first-order valence-corrected chi connectivity index (χ1v) is 9.02. The van der Waals surface area contributed by atoms with Crippen molar-refractivity contribution in [3.63, 3.8) is 0 Å². The highest BCUT2D eigenvalue weighted by Crippen LogP contribution is 2.20. The third kappa shape index (κ3) is 4.54. The first kappa shape index (κ1) is 18.3. The molecule has 140 valence electrons. The Bertz CT molecular complexity index is 696. The molecule has 0 saturated carbocycles. The monoisotopic (exact) mass is 357 g/mol. The molecule has 26 heavy (non-hydrogen) atoms. The number of carbonyl (C=O) groups excluding carboxylic acids is 1. The molecule has 1 fully saturated rings. The van der Waals surface area contributed by atoms with Gasteiger partial charge in [0.25, 0.3) is 0 Å². The lowest BCUT2D eigenvalue weighted by molar-refractivity contribution is 0.134. The van der Waals surface area contributed by atoms with E-state index in [1.807, 2.05) is 33.9 Å². The van der Waals surface area contributed by atoms with E-state index in [0.717, 1.165) is 38.5 Å². The second kappa shape index (κ2) is 8.71. The van der Waals surface area contributed by atoms with E-state index in [-0.39, 0.29) is 12.1 Å². The van der Waals surface area contributed by atoms with Crippen LogP contribution < -0.4 is 10.1 Å². The highest BCUT2D eigenvalue weighted by molar-refractivity contribution is 5.74. The van der Waals surface area contributed by atoms with Crippen molar-refractivity contribution in [1.82, 2.24) is 24.7 Å². The van der Waals surface area contributed by atoms with Gasteiger partial charge in [-0.2, -0.15) is 0 Å². The number of imidazole rings is 1. The number of benzene rings is 1. The molecular formula is C19H27N5O2. The zero-order chi connectivity index (χ0) is 18.4. The van der Waals surface area contributed by atoms with E-state index in [1.54, 1.807) is 19.6 Å². The number of urea groups is 1. The van der Waals surface area contributed by atoms with Crippen LogP contribution >= 0.6 is 0 Å². The van der Waals surface area contributed by atoms with E-state index in [2.05, 4.69) is 28.2 Å². The molecule has 0 spiro atoms. The minimum absolute atomic E-state index is 0.00825. The summed E-state index contributed by atoms with van der Waals surface area (Å²) < 4.78 is 7.42. The molecule has 1 saturated heterocycles. The van der Waals surface area contributed by atoms with E-state index < -0.39 is 0 Å². The van der Waals surface area contributed by atoms with Gasteiger partial charge in [-0.1, -0.05) is 18.2 Å². The predicted molar refractivity (Wildman–Crippen MR) is 100 cm³/mol. The summed E-state index contributed by atoms with van der Waals surface area (Å²) in [6, 6.07) is 8.29.